The van der Waals surface area contributed by atoms with E-state index in [4.69, 9.17) is 14.7 Å². The Balaban J connectivity index is 1.96. The predicted octanol–water partition coefficient (Wildman–Crippen LogP) is 5.02. The molecule has 2 rings (SSSR count). The van der Waals surface area contributed by atoms with Crippen molar-refractivity contribution in [2.45, 2.75) is 33.0 Å². The number of hydrogen-bond acceptors (Lipinski definition) is 4. The van der Waals surface area contributed by atoms with E-state index in [9.17, 15) is 4.79 Å². The van der Waals surface area contributed by atoms with E-state index in [2.05, 4.69) is 12.6 Å². The fourth-order valence-corrected chi connectivity index (χ4v) is 2.46. The first-order valence-corrected chi connectivity index (χ1v) is 9.02. The number of rotatable bonds is 6. The lowest BCUT2D eigenvalue weighted by Gasteiger charge is -2.25. The van der Waals surface area contributed by atoms with E-state index in [1.165, 1.54) is 4.90 Å². The molecule has 0 unspecified atom stereocenters. The van der Waals surface area contributed by atoms with Crippen LogP contribution in [0.4, 0.5) is 4.79 Å². The van der Waals surface area contributed by atoms with E-state index in [0.29, 0.717) is 24.5 Å². The van der Waals surface area contributed by atoms with Gasteiger partial charge in [0.1, 0.15) is 18.0 Å². The summed E-state index contributed by atoms with van der Waals surface area (Å²) in [6, 6.07) is 16.9. The number of ether oxygens (including phenoxy) is 2. The molecule has 0 heterocycles. The van der Waals surface area contributed by atoms with Gasteiger partial charge in [0.25, 0.3) is 0 Å². The summed E-state index contributed by atoms with van der Waals surface area (Å²) >= 11 is 0. The fraction of sp³-hybridized carbons (Fsp3) is 0.304. The Morgan fingerprint density at radius 1 is 1.18 bits per heavy atom. The van der Waals surface area contributed by atoms with Crippen LogP contribution in [0.5, 0.6) is 5.75 Å². The number of nitrogens with zero attached hydrogens (tertiary/aromatic N) is 2. The summed E-state index contributed by atoms with van der Waals surface area (Å²) in [6.07, 6.45) is -0.381. The Hall–Kier alpha value is -3.26. The van der Waals surface area contributed by atoms with Crippen LogP contribution in [0.25, 0.3) is 5.57 Å². The van der Waals surface area contributed by atoms with Gasteiger partial charge in [0.2, 0.25) is 0 Å². The summed E-state index contributed by atoms with van der Waals surface area (Å²) in [5.74, 6) is 0.702. The SMILES string of the molecule is C=C(CN(C)C(=O)OC(C)(C)C)c1cccc(COc2ccc(C#N)cc2)c1. The number of benzene rings is 2. The summed E-state index contributed by atoms with van der Waals surface area (Å²) in [6.45, 7) is 10.4. The zero-order valence-corrected chi connectivity index (χ0v) is 16.9. The molecule has 0 aliphatic heterocycles. The van der Waals surface area contributed by atoms with Crippen LogP contribution < -0.4 is 4.74 Å². The van der Waals surface area contributed by atoms with Gasteiger partial charge in [-0.15, -0.1) is 0 Å². The monoisotopic (exact) mass is 378 g/mol. The first-order valence-electron chi connectivity index (χ1n) is 9.02. The van der Waals surface area contributed by atoms with Gasteiger partial charge in [-0.2, -0.15) is 5.26 Å². The minimum absolute atomic E-state index is 0.370. The normalized spacial score (nSPS) is 10.7. The van der Waals surface area contributed by atoms with Gasteiger partial charge < -0.3 is 14.4 Å². The van der Waals surface area contributed by atoms with Crippen molar-refractivity contribution in [2.24, 2.45) is 0 Å². The molecule has 0 saturated heterocycles. The third-order valence-corrected chi connectivity index (χ3v) is 3.86. The number of amides is 1. The van der Waals surface area contributed by atoms with Crippen molar-refractivity contribution in [1.82, 2.24) is 4.90 Å². The van der Waals surface area contributed by atoms with Crippen molar-refractivity contribution in [2.75, 3.05) is 13.6 Å². The van der Waals surface area contributed by atoms with E-state index in [1.54, 1.807) is 31.3 Å². The lowest BCUT2D eigenvalue weighted by atomic mass is 10.0. The van der Waals surface area contributed by atoms with Crippen LogP contribution in [0.1, 0.15) is 37.5 Å². The zero-order chi connectivity index (χ0) is 20.7. The first-order chi connectivity index (χ1) is 13.2. The van der Waals surface area contributed by atoms with Crippen LogP contribution in [0.3, 0.4) is 0 Å². The average molecular weight is 378 g/mol. The molecule has 2 aromatic rings. The highest BCUT2D eigenvalue weighted by Crippen LogP contribution is 2.19. The van der Waals surface area contributed by atoms with Crippen LogP contribution >= 0.6 is 0 Å². The van der Waals surface area contributed by atoms with Crippen LogP contribution in [-0.4, -0.2) is 30.2 Å². The second-order valence-corrected chi connectivity index (χ2v) is 7.57. The average Bonchev–Trinajstić information content (AvgIpc) is 2.65. The Kier molecular flexibility index (Phi) is 6.84. The summed E-state index contributed by atoms with van der Waals surface area (Å²) in [5.41, 5.74) is 2.81. The Bertz CT molecular complexity index is 874. The molecular formula is C23H26N2O3. The second kappa shape index (κ2) is 9.09. The maximum absolute atomic E-state index is 12.1. The molecule has 5 heteroatoms. The maximum atomic E-state index is 12.1. The summed E-state index contributed by atoms with van der Waals surface area (Å²) in [5, 5.41) is 8.84. The van der Waals surface area contributed by atoms with E-state index in [1.807, 2.05) is 45.0 Å². The van der Waals surface area contributed by atoms with Gasteiger partial charge in [-0.3, -0.25) is 0 Å². The minimum atomic E-state index is -0.532. The fourth-order valence-electron chi connectivity index (χ4n) is 2.46. The number of nitriles is 1. The van der Waals surface area contributed by atoms with Crippen molar-refractivity contribution in [3.8, 4) is 11.8 Å². The summed E-state index contributed by atoms with van der Waals surface area (Å²) in [4.78, 5) is 13.6. The molecule has 0 spiro atoms. The molecule has 0 radical (unpaired) electrons. The minimum Gasteiger partial charge on any atom is -0.489 e. The van der Waals surface area contributed by atoms with Gasteiger partial charge in [-0.1, -0.05) is 24.8 Å². The van der Waals surface area contributed by atoms with Gasteiger partial charge in [0.15, 0.2) is 0 Å². The molecule has 0 bridgehead atoms. The van der Waals surface area contributed by atoms with E-state index in [-0.39, 0.29) is 6.09 Å². The Morgan fingerprint density at radius 2 is 1.86 bits per heavy atom. The number of hydrogen-bond donors (Lipinski definition) is 0. The maximum Gasteiger partial charge on any atom is 0.410 e. The van der Waals surface area contributed by atoms with Crippen molar-refractivity contribution in [3.05, 3.63) is 71.8 Å². The lowest BCUT2D eigenvalue weighted by Crippen LogP contribution is -2.35. The van der Waals surface area contributed by atoms with Crippen LogP contribution in [0.15, 0.2) is 55.1 Å². The van der Waals surface area contributed by atoms with Crippen molar-refractivity contribution < 1.29 is 14.3 Å². The topological polar surface area (TPSA) is 62.6 Å². The molecule has 0 aliphatic carbocycles. The van der Waals surface area contributed by atoms with Crippen molar-refractivity contribution in [3.63, 3.8) is 0 Å². The predicted molar refractivity (Wildman–Crippen MR) is 110 cm³/mol. The highest BCUT2D eigenvalue weighted by atomic mass is 16.6. The Labute approximate surface area is 166 Å². The number of carbonyl (C=O) groups is 1. The first kappa shape index (κ1) is 21.0. The molecular weight excluding hydrogens is 352 g/mol. The lowest BCUT2D eigenvalue weighted by molar-refractivity contribution is 0.0321. The summed E-state index contributed by atoms with van der Waals surface area (Å²) < 4.78 is 11.1. The molecule has 28 heavy (non-hydrogen) atoms. The van der Waals surface area contributed by atoms with E-state index < -0.39 is 5.60 Å². The molecule has 1 amide bonds. The molecule has 146 valence electrons. The molecule has 0 aromatic heterocycles. The number of carbonyl (C=O) groups excluding carboxylic acids is 1. The van der Waals surface area contributed by atoms with Gasteiger partial charge in [-0.25, -0.2) is 4.79 Å². The number of likely N-dealkylation sites (N-methyl/N-ethyl adjacent to an activating group) is 1. The van der Waals surface area contributed by atoms with Gasteiger partial charge in [-0.05, 0) is 67.8 Å². The second-order valence-electron chi connectivity index (χ2n) is 7.57. The largest absolute Gasteiger partial charge is 0.489 e. The van der Waals surface area contributed by atoms with E-state index >= 15 is 0 Å². The van der Waals surface area contributed by atoms with E-state index in [0.717, 1.165) is 16.7 Å². The smallest absolute Gasteiger partial charge is 0.410 e. The molecule has 0 aliphatic rings. The highest BCUT2D eigenvalue weighted by Gasteiger charge is 2.20. The zero-order valence-electron chi connectivity index (χ0n) is 16.9. The standard InChI is InChI=1S/C23H26N2O3/c1-17(15-25(5)22(26)28-23(2,3)4)20-8-6-7-19(13-20)16-27-21-11-9-18(14-24)10-12-21/h6-13H,1,15-16H2,2-5H3. The Morgan fingerprint density at radius 3 is 2.46 bits per heavy atom. The van der Waals surface area contributed by atoms with Crippen molar-refractivity contribution >= 4 is 11.7 Å². The molecule has 2 aromatic carbocycles. The van der Waals surface area contributed by atoms with Gasteiger partial charge in [0.05, 0.1) is 11.6 Å². The molecule has 0 N–H and O–H groups in total. The molecule has 0 atom stereocenters. The quantitative estimate of drug-likeness (QED) is 0.708. The van der Waals surface area contributed by atoms with Gasteiger partial charge in [0, 0.05) is 13.6 Å². The highest BCUT2D eigenvalue weighted by molar-refractivity contribution is 5.73. The van der Waals surface area contributed by atoms with Gasteiger partial charge >= 0.3 is 6.09 Å². The van der Waals surface area contributed by atoms with Crippen LogP contribution in [0, 0.1) is 11.3 Å². The third-order valence-electron chi connectivity index (χ3n) is 3.86. The molecule has 5 nitrogen and oxygen atoms in total. The third kappa shape index (κ3) is 6.48. The molecule has 0 fully saturated rings. The molecule has 0 saturated carbocycles. The summed E-state index contributed by atoms with van der Waals surface area (Å²) in [7, 11) is 1.69. The van der Waals surface area contributed by atoms with Crippen molar-refractivity contribution in [1.29, 1.82) is 5.26 Å². The van der Waals surface area contributed by atoms with Crippen LogP contribution in [0.2, 0.25) is 0 Å². The van der Waals surface area contributed by atoms with Crippen LogP contribution in [-0.2, 0) is 11.3 Å².